The summed E-state index contributed by atoms with van der Waals surface area (Å²) in [6.45, 7) is 6.58. The average Bonchev–Trinajstić information content (AvgIpc) is 2.86. The molecule has 0 aliphatic heterocycles. The lowest BCUT2D eigenvalue weighted by Gasteiger charge is -2.07. The number of rotatable bonds is 7. The quantitative estimate of drug-likeness (QED) is 0.829. The van der Waals surface area contributed by atoms with Crippen molar-refractivity contribution in [1.29, 1.82) is 0 Å². The number of ether oxygens (including phenoxy) is 1. The molecule has 2 aromatic rings. The first-order chi connectivity index (χ1) is 9.31. The highest BCUT2D eigenvalue weighted by atomic mass is 16.5. The van der Waals surface area contributed by atoms with Crippen molar-refractivity contribution in [2.45, 2.75) is 33.4 Å². The predicted molar refractivity (Wildman–Crippen MR) is 77.5 cm³/mol. The molecular formula is C15H21N3O. The lowest BCUT2D eigenvalue weighted by Crippen LogP contribution is -2.00. The van der Waals surface area contributed by atoms with E-state index in [-0.39, 0.29) is 0 Å². The molecule has 0 unspecified atom stereocenters. The van der Waals surface area contributed by atoms with E-state index in [9.17, 15) is 0 Å². The number of nitrogens with zero attached hydrogens (tertiary/aromatic N) is 2. The number of nitrogens with one attached hydrogen (secondary N) is 1. The number of anilines is 1. The van der Waals surface area contributed by atoms with Crippen molar-refractivity contribution < 1.29 is 4.74 Å². The molecule has 1 N–H and O–H groups in total. The summed E-state index contributed by atoms with van der Waals surface area (Å²) in [6.07, 6.45) is 5.10. The van der Waals surface area contributed by atoms with Crippen LogP contribution in [0, 0.1) is 0 Å². The van der Waals surface area contributed by atoms with Gasteiger partial charge in [-0.2, -0.15) is 5.10 Å². The molecule has 0 atom stereocenters. The molecule has 19 heavy (non-hydrogen) atoms. The topological polar surface area (TPSA) is 39.1 Å². The first-order valence-electron chi connectivity index (χ1n) is 6.80. The maximum absolute atomic E-state index is 5.48. The predicted octanol–water partition coefficient (Wildman–Crippen LogP) is 3.30. The van der Waals surface area contributed by atoms with Gasteiger partial charge in [0.1, 0.15) is 5.75 Å². The zero-order valence-corrected chi connectivity index (χ0v) is 11.6. The summed E-state index contributed by atoms with van der Waals surface area (Å²) in [5, 5.41) is 7.70. The fourth-order valence-corrected chi connectivity index (χ4v) is 1.92. The van der Waals surface area contributed by atoms with Gasteiger partial charge in [0.15, 0.2) is 0 Å². The molecule has 0 saturated carbocycles. The van der Waals surface area contributed by atoms with E-state index in [2.05, 4.69) is 23.5 Å². The number of hydrogen-bond donors (Lipinski definition) is 1. The smallest absolute Gasteiger partial charge is 0.121 e. The van der Waals surface area contributed by atoms with Crippen molar-refractivity contribution in [2.75, 3.05) is 11.9 Å². The van der Waals surface area contributed by atoms with Crippen LogP contribution in [0.1, 0.15) is 25.8 Å². The van der Waals surface area contributed by atoms with Crippen LogP contribution < -0.4 is 10.1 Å². The highest BCUT2D eigenvalue weighted by molar-refractivity contribution is 5.48. The Morgan fingerprint density at radius 3 is 3.00 bits per heavy atom. The van der Waals surface area contributed by atoms with Gasteiger partial charge in [-0.3, -0.25) is 4.68 Å². The Morgan fingerprint density at radius 2 is 2.21 bits per heavy atom. The second-order valence-electron chi connectivity index (χ2n) is 4.43. The molecule has 0 fully saturated rings. The molecular weight excluding hydrogens is 238 g/mol. The SMILES string of the molecule is CCCn1cc(CNc2cccc(OCC)c2)cn1. The van der Waals surface area contributed by atoms with Crippen molar-refractivity contribution in [3.8, 4) is 5.75 Å². The molecule has 0 aliphatic carbocycles. The third kappa shape index (κ3) is 4.02. The van der Waals surface area contributed by atoms with Crippen LogP contribution >= 0.6 is 0 Å². The van der Waals surface area contributed by atoms with Crippen molar-refractivity contribution in [2.24, 2.45) is 0 Å². The van der Waals surface area contributed by atoms with Crippen LogP contribution in [0.25, 0.3) is 0 Å². The minimum atomic E-state index is 0.688. The van der Waals surface area contributed by atoms with E-state index in [0.29, 0.717) is 6.61 Å². The van der Waals surface area contributed by atoms with E-state index in [0.717, 1.165) is 30.9 Å². The molecule has 0 aliphatic rings. The minimum Gasteiger partial charge on any atom is -0.494 e. The van der Waals surface area contributed by atoms with Gasteiger partial charge in [-0.15, -0.1) is 0 Å². The third-order valence-electron chi connectivity index (χ3n) is 2.78. The van der Waals surface area contributed by atoms with Crippen LogP contribution in [-0.4, -0.2) is 16.4 Å². The summed E-state index contributed by atoms with van der Waals surface area (Å²) in [6, 6.07) is 8.01. The van der Waals surface area contributed by atoms with E-state index in [4.69, 9.17) is 4.74 Å². The Labute approximate surface area is 114 Å². The van der Waals surface area contributed by atoms with Crippen LogP contribution in [0.5, 0.6) is 5.75 Å². The maximum atomic E-state index is 5.48. The highest BCUT2D eigenvalue weighted by Crippen LogP contribution is 2.17. The summed E-state index contributed by atoms with van der Waals surface area (Å²) in [5.41, 5.74) is 2.25. The largest absolute Gasteiger partial charge is 0.494 e. The molecule has 1 aromatic carbocycles. The van der Waals surface area contributed by atoms with Crippen LogP contribution in [0.15, 0.2) is 36.7 Å². The summed E-state index contributed by atoms with van der Waals surface area (Å²) < 4.78 is 7.46. The standard InChI is InChI=1S/C15H21N3O/c1-3-8-18-12-13(11-17-18)10-16-14-6-5-7-15(9-14)19-4-2/h5-7,9,11-12,16H,3-4,8,10H2,1-2H3. The lowest BCUT2D eigenvalue weighted by molar-refractivity contribution is 0.340. The van der Waals surface area contributed by atoms with Crippen LogP contribution in [0.2, 0.25) is 0 Å². The Kier molecular flexibility index (Phi) is 4.84. The number of benzene rings is 1. The Balaban J connectivity index is 1.91. The summed E-state index contributed by atoms with van der Waals surface area (Å²) in [7, 11) is 0. The fourth-order valence-electron chi connectivity index (χ4n) is 1.92. The number of aryl methyl sites for hydroxylation is 1. The van der Waals surface area contributed by atoms with E-state index >= 15 is 0 Å². The van der Waals surface area contributed by atoms with E-state index in [1.807, 2.05) is 42.1 Å². The maximum Gasteiger partial charge on any atom is 0.121 e. The second-order valence-corrected chi connectivity index (χ2v) is 4.43. The molecule has 102 valence electrons. The lowest BCUT2D eigenvalue weighted by atomic mass is 10.3. The first kappa shape index (κ1) is 13.5. The van der Waals surface area contributed by atoms with Gasteiger partial charge >= 0.3 is 0 Å². The second kappa shape index (κ2) is 6.83. The van der Waals surface area contributed by atoms with Crippen LogP contribution in [-0.2, 0) is 13.1 Å². The van der Waals surface area contributed by atoms with Gasteiger partial charge in [-0.05, 0) is 25.5 Å². The molecule has 0 spiro atoms. The van der Waals surface area contributed by atoms with Crippen LogP contribution in [0.3, 0.4) is 0 Å². The van der Waals surface area contributed by atoms with Crippen molar-refractivity contribution in [1.82, 2.24) is 9.78 Å². The molecule has 0 amide bonds. The Bertz CT molecular complexity index is 508. The van der Waals surface area contributed by atoms with Gasteiger partial charge in [0.05, 0.1) is 12.8 Å². The van der Waals surface area contributed by atoms with Gasteiger partial charge in [-0.25, -0.2) is 0 Å². The van der Waals surface area contributed by atoms with Crippen LogP contribution in [0.4, 0.5) is 5.69 Å². The molecule has 0 bridgehead atoms. The average molecular weight is 259 g/mol. The van der Waals surface area contributed by atoms with Gasteiger partial charge < -0.3 is 10.1 Å². The monoisotopic (exact) mass is 259 g/mol. The van der Waals surface area contributed by atoms with Crippen molar-refractivity contribution >= 4 is 5.69 Å². The fraction of sp³-hybridized carbons (Fsp3) is 0.400. The molecule has 1 aromatic heterocycles. The van der Waals surface area contributed by atoms with Gasteiger partial charge in [0, 0.05) is 36.6 Å². The zero-order valence-electron chi connectivity index (χ0n) is 11.6. The Hall–Kier alpha value is -1.97. The van der Waals surface area contributed by atoms with E-state index in [1.54, 1.807) is 0 Å². The molecule has 1 heterocycles. The van der Waals surface area contributed by atoms with Gasteiger partial charge in [0.25, 0.3) is 0 Å². The normalized spacial score (nSPS) is 10.4. The summed E-state index contributed by atoms with van der Waals surface area (Å²) in [4.78, 5) is 0. The van der Waals surface area contributed by atoms with Crippen molar-refractivity contribution in [3.05, 3.63) is 42.2 Å². The third-order valence-corrected chi connectivity index (χ3v) is 2.78. The summed E-state index contributed by atoms with van der Waals surface area (Å²) >= 11 is 0. The van der Waals surface area contributed by atoms with Crippen molar-refractivity contribution in [3.63, 3.8) is 0 Å². The van der Waals surface area contributed by atoms with Gasteiger partial charge in [0.2, 0.25) is 0 Å². The van der Waals surface area contributed by atoms with Gasteiger partial charge in [-0.1, -0.05) is 13.0 Å². The van der Waals surface area contributed by atoms with E-state index < -0.39 is 0 Å². The zero-order chi connectivity index (χ0) is 13.5. The number of hydrogen-bond acceptors (Lipinski definition) is 3. The summed E-state index contributed by atoms with van der Waals surface area (Å²) in [5.74, 6) is 0.897. The van der Waals surface area contributed by atoms with E-state index in [1.165, 1.54) is 5.56 Å². The molecule has 4 nitrogen and oxygen atoms in total. The Morgan fingerprint density at radius 1 is 1.32 bits per heavy atom. The molecule has 2 rings (SSSR count). The minimum absolute atomic E-state index is 0.688. The highest BCUT2D eigenvalue weighted by Gasteiger charge is 1.99. The first-order valence-corrected chi connectivity index (χ1v) is 6.80. The number of aromatic nitrogens is 2. The molecule has 0 radical (unpaired) electrons. The molecule has 0 saturated heterocycles. The molecule has 4 heteroatoms.